The smallest absolute Gasteiger partial charge is 0.308 e. The first kappa shape index (κ1) is 16.8. The van der Waals surface area contributed by atoms with Gasteiger partial charge < -0.3 is 20.6 Å². The number of carboxylic acid groups (broad SMARTS) is 1. The molecule has 0 fully saturated rings. The van der Waals surface area contributed by atoms with Crippen molar-refractivity contribution in [2.24, 2.45) is 11.3 Å². The van der Waals surface area contributed by atoms with Crippen molar-refractivity contribution in [2.75, 3.05) is 6.54 Å². The molecule has 0 aliphatic heterocycles. The molecule has 0 aromatic heterocycles. The summed E-state index contributed by atoms with van der Waals surface area (Å²) in [5.41, 5.74) is -0.0933. The first-order chi connectivity index (χ1) is 9.58. The van der Waals surface area contributed by atoms with Gasteiger partial charge in [-0.2, -0.15) is 0 Å². The van der Waals surface area contributed by atoms with E-state index in [0.717, 1.165) is 6.07 Å². The Labute approximate surface area is 123 Å². The van der Waals surface area contributed by atoms with E-state index in [2.05, 4.69) is 5.32 Å². The number of phenols is 2. The van der Waals surface area contributed by atoms with Crippen molar-refractivity contribution >= 4 is 11.9 Å². The lowest BCUT2D eigenvalue weighted by atomic mass is 9.84. The number of rotatable bonds is 5. The third-order valence-electron chi connectivity index (χ3n) is 2.88. The zero-order valence-corrected chi connectivity index (χ0v) is 12.4. The van der Waals surface area contributed by atoms with E-state index in [1.54, 1.807) is 0 Å². The van der Waals surface area contributed by atoms with Crippen molar-refractivity contribution in [3.8, 4) is 11.5 Å². The maximum atomic E-state index is 11.9. The molecule has 1 aromatic carbocycles. The predicted octanol–water partition coefficient (Wildman–Crippen LogP) is 1.96. The standard InChI is InChI=1S/C15H21NO5/c1-15(2,3)7-10(14(20)21)8-16-13(19)9-4-11(17)6-12(18)5-9/h4-6,10,17-18H,7-8H2,1-3H3,(H,16,19)(H,20,21). The lowest BCUT2D eigenvalue weighted by Gasteiger charge is -2.23. The van der Waals surface area contributed by atoms with Crippen LogP contribution in [0.3, 0.4) is 0 Å². The van der Waals surface area contributed by atoms with Crippen molar-refractivity contribution in [3.05, 3.63) is 23.8 Å². The van der Waals surface area contributed by atoms with Gasteiger partial charge in [0.1, 0.15) is 11.5 Å². The van der Waals surface area contributed by atoms with Gasteiger partial charge in [-0.15, -0.1) is 0 Å². The van der Waals surface area contributed by atoms with Crippen molar-refractivity contribution in [1.82, 2.24) is 5.32 Å². The largest absolute Gasteiger partial charge is 0.508 e. The molecule has 1 rings (SSSR count). The minimum absolute atomic E-state index is 0.0120. The molecule has 1 unspecified atom stereocenters. The van der Waals surface area contributed by atoms with E-state index in [4.69, 9.17) is 0 Å². The minimum Gasteiger partial charge on any atom is -0.508 e. The molecule has 1 aromatic rings. The van der Waals surface area contributed by atoms with Gasteiger partial charge in [-0.05, 0) is 24.0 Å². The molecule has 0 aliphatic carbocycles. The molecular formula is C15H21NO5. The van der Waals surface area contributed by atoms with E-state index >= 15 is 0 Å². The van der Waals surface area contributed by atoms with Gasteiger partial charge in [-0.3, -0.25) is 9.59 Å². The number of carbonyl (C=O) groups excluding carboxylic acids is 1. The molecule has 6 heteroatoms. The fourth-order valence-electron chi connectivity index (χ4n) is 2.03. The minimum atomic E-state index is -0.969. The van der Waals surface area contributed by atoms with E-state index < -0.39 is 17.8 Å². The molecule has 1 amide bonds. The number of carboxylic acids is 1. The number of hydrogen-bond acceptors (Lipinski definition) is 4. The van der Waals surface area contributed by atoms with E-state index in [9.17, 15) is 24.9 Å². The number of aromatic hydroxyl groups is 2. The topological polar surface area (TPSA) is 107 Å². The summed E-state index contributed by atoms with van der Waals surface area (Å²) in [5.74, 6) is -2.67. The Balaban J connectivity index is 2.71. The van der Waals surface area contributed by atoms with Crippen molar-refractivity contribution in [3.63, 3.8) is 0 Å². The van der Waals surface area contributed by atoms with Gasteiger partial charge in [0.15, 0.2) is 0 Å². The maximum absolute atomic E-state index is 11.9. The summed E-state index contributed by atoms with van der Waals surface area (Å²) in [6.07, 6.45) is 0.425. The average molecular weight is 295 g/mol. The molecule has 0 heterocycles. The number of phenolic OH excluding ortho intramolecular Hbond substituents is 2. The number of benzene rings is 1. The molecule has 116 valence electrons. The number of carbonyl (C=O) groups is 2. The Kier molecular flexibility index (Phi) is 5.18. The monoisotopic (exact) mass is 295 g/mol. The van der Waals surface area contributed by atoms with Gasteiger partial charge in [0.2, 0.25) is 0 Å². The second-order valence-electron chi connectivity index (χ2n) is 6.25. The van der Waals surface area contributed by atoms with Crippen LogP contribution in [0.25, 0.3) is 0 Å². The Morgan fingerprint density at radius 2 is 1.67 bits per heavy atom. The highest BCUT2D eigenvalue weighted by atomic mass is 16.4. The van der Waals surface area contributed by atoms with Crippen LogP contribution in [0.5, 0.6) is 11.5 Å². The summed E-state index contributed by atoms with van der Waals surface area (Å²) >= 11 is 0. The summed E-state index contributed by atoms with van der Waals surface area (Å²) in [6.45, 7) is 5.77. The SMILES string of the molecule is CC(C)(C)CC(CNC(=O)c1cc(O)cc(O)c1)C(=O)O. The lowest BCUT2D eigenvalue weighted by Crippen LogP contribution is -2.35. The van der Waals surface area contributed by atoms with Gasteiger partial charge in [0.25, 0.3) is 5.91 Å². The lowest BCUT2D eigenvalue weighted by molar-refractivity contribution is -0.142. The first-order valence-electron chi connectivity index (χ1n) is 6.62. The molecular weight excluding hydrogens is 274 g/mol. The Bertz CT molecular complexity index is 513. The summed E-state index contributed by atoms with van der Waals surface area (Å²) in [4.78, 5) is 23.1. The average Bonchev–Trinajstić information content (AvgIpc) is 2.31. The molecule has 4 N–H and O–H groups in total. The highest BCUT2D eigenvalue weighted by Gasteiger charge is 2.25. The van der Waals surface area contributed by atoms with E-state index in [0.29, 0.717) is 6.42 Å². The maximum Gasteiger partial charge on any atom is 0.308 e. The van der Waals surface area contributed by atoms with Crippen LogP contribution >= 0.6 is 0 Å². The molecule has 1 atom stereocenters. The van der Waals surface area contributed by atoms with Crippen LogP contribution in [0.2, 0.25) is 0 Å². The number of hydrogen-bond donors (Lipinski definition) is 4. The molecule has 0 saturated heterocycles. The van der Waals surface area contributed by atoms with Crippen LogP contribution < -0.4 is 5.32 Å². The third-order valence-corrected chi connectivity index (χ3v) is 2.88. The fraction of sp³-hybridized carbons (Fsp3) is 0.467. The van der Waals surface area contributed by atoms with Crippen LogP contribution in [-0.4, -0.2) is 33.7 Å². The quantitative estimate of drug-likeness (QED) is 0.664. The normalized spacial score (nSPS) is 12.7. The van der Waals surface area contributed by atoms with Gasteiger partial charge in [-0.25, -0.2) is 0 Å². The summed E-state index contributed by atoms with van der Waals surface area (Å²) in [7, 11) is 0. The molecule has 21 heavy (non-hydrogen) atoms. The van der Waals surface area contributed by atoms with Crippen molar-refractivity contribution < 1.29 is 24.9 Å². The third kappa shape index (κ3) is 5.72. The molecule has 0 saturated carbocycles. The van der Waals surface area contributed by atoms with Crippen molar-refractivity contribution in [1.29, 1.82) is 0 Å². The second-order valence-corrected chi connectivity index (χ2v) is 6.25. The number of nitrogens with one attached hydrogen (secondary N) is 1. The summed E-state index contributed by atoms with van der Waals surface area (Å²) in [5, 5.41) is 30.3. The van der Waals surface area contributed by atoms with Gasteiger partial charge in [-0.1, -0.05) is 20.8 Å². The highest BCUT2D eigenvalue weighted by Crippen LogP contribution is 2.24. The molecule has 0 bridgehead atoms. The second kappa shape index (κ2) is 6.47. The summed E-state index contributed by atoms with van der Waals surface area (Å²) in [6, 6.07) is 3.51. The molecule has 0 radical (unpaired) electrons. The van der Waals surface area contributed by atoms with Crippen LogP contribution in [0.4, 0.5) is 0 Å². The van der Waals surface area contributed by atoms with Crippen LogP contribution in [0.1, 0.15) is 37.6 Å². The van der Waals surface area contributed by atoms with Crippen LogP contribution in [0, 0.1) is 11.3 Å². The van der Waals surface area contributed by atoms with Gasteiger partial charge in [0, 0.05) is 18.2 Å². The highest BCUT2D eigenvalue weighted by molar-refractivity contribution is 5.95. The molecule has 6 nitrogen and oxygen atoms in total. The Morgan fingerprint density at radius 1 is 1.14 bits per heavy atom. The van der Waals surface area contributed by atoms with E-state index in [1.165, 1.54) is 12.1 Å². The zero-order chi connectivity index (χ0) is 16.2. The fourth-order valence-corrected chi connectivity index (χ4v) is 2.03. The predicted molar refractivity (Wildman–Crippen MR) is 77.3 cm³/mol. The Morgan fingerprint density at radius 3 is 2.10 bits per heavy atom. The van der Waals surface area contributed by atoms with Crippen molar-refractivity contribution in [2.45, 2.75) is 27.2 Å². The molecule has 0 aliphatic rings. The van der Waals surface area contributed by atoms with Crippen LogP contribution in [-0.2, 0) is 4.79 Å². The first-order valence-corrected chi connectivity index (χ1v) is 6.62. The van der Waals surface area contributed by atoms with Crippen LogP contribution in [0.15, 0.2) is 18.2 Å². The molecule has 0 spiro atoms. The van der Waals surface area contributed by atoms with E-state index in [1.807, 2.05) is 20.8 Å². The van der Waals surface area contributed by atoms with E-state index in [-0.39, 0.29) is 29.0 Å². The summed E-state index contributed by atoms with van der Waals surface area (Å²) < 4.78 is 0. The number of aliphatic carboxylic acids is 1. The van der Waals surface area contributed by atoms with Gasteiger partial charge in [0.05, 0.1) is 5.92 Å². The zero-order valence-electron chi connectivity index (χ0n) is 12.4. The number of amides is 1. The van der Waals surface area contributed by atoms with Gasteiger partial charge >= 0.3 is 5.97 Å². The Hall–Kier alpha value is -2.24.